The number of hydrogen-bond acceptors (Lipinski definition) is 7. The van der Waals surface area contributed by atoms with Gasteiger partial charge in [-0.3, -0.25) is 4.79 Å². The molecule has 10 heteroatoms. The number of ether oxygens (including phenoxy) is 1. The Morgan fingerprint density at radius 3 is 1.78 bits per heavy atom. The lowest BCUT2D eigenvalue weighted by Crippen LogP contribution is -2.41. The molecule has 2 unspecified atom stereocenters. The molecule has 0 saturated carbocycles. The number of rotatable bonds is 9. The first-order valence-electron chi connectivity index (χ1n) is 11.0. The van der Waals surface area contributed by atoms with Gasteiger partial charge in [-0.2, -0.15) is 5.26 Å². The summed E-state index contributed by atoms with van der Waals surface area (Å²) in [5.41, 5.74) is 6.85. The van der Waals surface area contributed by atoms with E-state index in [-0.39, 0.29) is 31.2 Å². The zero-order chi connectivity index (χ0) is 25.7. The number of carbonyl (C=O) groups is 2. The molecule has 0 aliphatic carbocycles. The molecule has 0 aliphatic rings. The van der Waals surface area contributed by atoms with Crippen LogP contribution in [0.25, 0.3) is 0 Å². The van der Waals surface area contributed by atoms with E-state index in [2.05, 4.69) is 0 Å². The SMILES string of the molecule is CC(C)(C)OC(=O)C[C@@H](Cc1ccccc1)C(O)C#N.Cl.Cl.N[C@@H](Cc1ccccc1)C(O)C(=O)O. The van der Waals surface area contributed by atoms with Crippen LogP contribution in [0.5, 0.6) is 0 Å². The predicted molar refractivity (Wildman–Crippen MR) is 142 cm³/mol. The number of carboxylic acid groups (broad SMARTS) is 1. The van der Waals surface area contributed by atoms with Crippen molar-refractivity contribution in [1.29, 1.82) is 5.26 Å². The minimum Gasteiger partial charge on any atom is -0.479 e. The number of aliphatic carboxylic acids is 1. The van der Waals surface area contributed by atoms with Crippen LogP contribution in [-0.4, -0.2) is 51.1 Å². The van der Waals surface area contributed by atoms with Crippen molar-refractivity contribution in [3.8, 4) is 6.07 Å². The number of nitrogens with zero attached hydrogens (tertiary/aromatic N) is 1. The van der Waals surface area contributed by atoms with Crippen LogP contribution in [0.3, 0.4) is 0 Å². The first-order chi connectivity index (χ1) is 15.9. The molecular weight excluding hydrogens is 507 g/mol. The molecule has 0 bridgehead atoms. The van der Waals surface area contributed by atoms with Crippen molar-refractivity contribution in [2.45, 2.75) is 63.9 Å². The summed E-state index contributed by atoms with van der Waals surface area (Å²) < 4.78 is 5.24. The summed E-state index contributed by atoms with van der Waals surface area (Å²) in [7, 11) is 0. The molecule has 5 N–H and O–H groups in total. The van der Waals surface area contributed by atoms with Gasteiger partial charge in [0.25, 0.3) is 0 Å². The van der Waals surface area contributed by atoms with Gasteiger partial charge in [0.1, 0.15) is 11.7 Å². The molecule has 2 aromatic carbocycles. The summed E-state index contributed by atoms with van der Waals surface area (Å²) in [6.07, 6.45) is -1.83. The number of carboxylic acids is 1. The van der Waals surface area contributed by atoms with E-state index in [4.69, 9.17) is 25.9 Å². The monoisotopic (exact) mass is 542 g/mol. The highest BCUT2D eigenvalue weighted by Gasteiger charge is 2.26. The fraction of sp³-hybridized carbons (Fsp3) is 0.423. The number of carbonyl (C=O) groups excluding carboxylic acids is 1. The van der Waals surface area contributed by atoms with Crippen LogP contribution < -0.4 is 5.73 Å². The van der Waals surface area contributed by atoms with Crippen molar-refractivity contribution in [3.05, 3.63) is 71.8 Å². The van der Waals surface area contributed by atoms with Crippen LogP contribution >= 0.6 is 24.8 Å². The Kier molecular flexibility index (Phi) is 17.5. The van der Waals surface area contributed by atoms with Gasteiger partial charge in [0.2, 0.25) is 0 Å². The van der Waals surface area contributed by atoms with Crippen molar-refractivity contribution in [3.63, 3.8) is 0 Å². The lowest BCUT2D eigenvalue weighted by atomic mass is 9.91. The number of benzene rings is 2. The fourth-order valence-corrected chi connectivity index (χ4v) is 3.10. The largest absolute Gasteiger partial charge is 0.479 e. The van der Waals surface area contributed by atoms with E-state index in [9.17, 15) is 14.7 Å². The molecule has 0 aromatic heterocycles. The van der Waals surface area contributed by atoms with Gasteiger partial charge in [0.15, 0.2) is 6.10 Å². The molecule has 4 atom stereocenters. The van der Waals surface area contributed by atoms with E-state index < -0.39 is 41.7 Å². The second-order valence-corrected chi connectivity index (χ2v) is 8.95. The Balaban J connectivity index is 0. The Morgan fingerprint density at radius 2 is 1.39 bits per heavy atom. The smallest absolute Gasteiger partial charge is 0.334 e. The second-order valence-electron chi connectivity index (χ2n) is 8.95. The zero-order valence-electron chi connectivity index (χ0n) is 20.6. The summed E-state index contributed by atoms with van der Waals surface area (Å²) >= 11 is 0. The lowest BCUT2D eigenvalue weighted by molar-refractivity contribution is -0.156. The van der Waals surface area contributed by atoms with E-state index >= 15 is 0 Å². The lowest BCUT2D eigenvalue weighted by Gasteiger charge is -2.23. The normalized spacial score (nSPS) is 13.6. The van der Waals surface area contributed by atoms with Crippen LogP contribution in [0, 0.1) is 17.2 Å². The van der Waals surface area contributed by atoms with E-state index in [0.717, 1.165) is 11.1 Å². The van der Waals surface area contributed by atoms with Crippen molar-refractivity contribution >= 4 is 36.8 Å². The van der Waals surface area contributed by atoms with Crippen molar-refractivity contribution < 1.29 is 29.6 Å². The number of nitrogens with two attached hydrogens (primary N) is 1. The van der Waals surface area contributed by atoms with Gasteiger partial charge in [0, 0.05) is 12.0 Å². The van der Waals surface area contributed by atoms with Crippen LogP contribution in [0.1, 0.15) is 38.3 Å². The molecule has 0 heterocycles. The minimum atomic E-state index is -1.50. The molecule has 2 rings (SSSR count). The third-order valence-corrected chi connectivity index (χ3v) is 4.74. The fourth-order valence-electron chi connectivity index (χ4n) is 3.10. The van der Waals surface area contributed by atoms with E-state index in [1.807, 2.05) is 60.7 Å². The molecule has 0 radical (unpaired) electrons. The first kappa shape index (κ1) is 35.5. The Morgan fingerprint density at radius 1 is 0.944 bits per heavy atom. The Hall–Kier alpha value is -2.67. The van der Waals surface area contributed by atoms with Crippen LogP contribution in [-0.2, 0) is 27.2 Å². The van der Waals surface area contributed by atoms with Crippen LogP contribution in [0.2, 0.25) is 0 Å². The molecule has 200 valence electrons. The van der Waals surface area contributed by atoms with Crippen LogP contribution in [0.4, 0.5) is 0 Å². The number of nitriles is 1. The quantitative estimate of drug-likeness (QED) is 0.278. The molecule has 0 spiro atoms. The molecule has 0 saturated heterocycles. The van der Waals surface area contributed by atoms with E-state index in [1.165, 1.54) is 0 Å². The highest BCUT2D eigenvalue weighted by molar-refractivity contribution is 5.85. The third kappa shape index (κ3) is 14.7. The van der Waals surface area contributed by atoms with Crippen LogP contribution in [0.15, 0.2) is 60.7 Å². The van der Waals surface area contributed by atoms with Crippen molar-refractivity contribution in [2.24, 2.45) is 11.7 Å². The molecule has 0 fully saturated rings. The number of esters is 1. The van der Waals surface area contributed by atoms with Crippen molar-refractivity contribution in [1.82, 2.24) is 0 Å². The third-order valence-electron chi connectivity index (χ3n) is 4.74. The topological polar surface area (TPSA) is 154 Å². The van der Waals surface area contributed by atoms with Gasteiger partial charge >= 0.3 is 11.9 Å². The maximum absolute atomic E-state index is 11.8. The van der Waals surface area contributed by atoms with E-state index in [1.54, 1.807) is 26.8 Å². The maximum atomic E-state index is 11.8. The predicted octanol–water partition coefficient (Wildman–Crippen LogP) is 3.31. The Bertz CT molecular complexity index is 933. The van der Waals surface area contributed by atoms with Gasteiger partial charge in [-0.05, 0) is 44.7 Å². The molecule has 0 aliphatic heterocycles. The number of aliphatic hydroxyl groups excluding tert-OH is 2. The summed E-state index contributed by atoms with van der Waals surface area (Å²) in [4.78, 5) is 22.2. The molecule has 2 aromatic rings. The van der Waals surface area contributed by atoms with Gasteiger partial charge in [-0.15, -0.1) is 24.8 Å². The average molecular weight is 543 g/mol. The van der Waals surface area contributed by atoms with Gasteiger partial charge in [-0.25, -0.2) is 4.79 Å². The second kappa shape index (κ2) is 17.7. The van der Waals surface area contributed by atoms with Gasteiger partial charge in [-0.1, -0.05) is 60.7 Å². The number of aliphatic hydroxyl groups is 2. The summed E-state index contributed by atoms with van der Waals surface area (Å²) in [5.74, 6) is -2.14. The summed E-state index contributed by atoms with van der Waals surface area (Å²) in [5, 5.41) is 36.3. The molecule has 8 nitrogen and oxygen atoms in total. The average Bonchev–Trinajstić information content (AvgIpc) is 2.78. The molecule has 36 heavy (non-hydrogen) atoms. The van der Waals surface area contributed by atoms with Gasteiger partial charge < -0.3 is 25.8 Å². The minimum absolute atomic E-state index is 0. The summed E-state index contributed by atoms with van der Waals surface area (Å²) in [6.45, 7) is 5.37. The van der Waals surface area contributed by atoms with E-state index in [0.29, 0.717) is 12.8 Å². The molecular formula is C26H36Cl2N2O6. The maximum Gasteiger partial charge on any atom is 0.334 e. The number of halogens is 2. The highest BCUT2D eigenvalue weighted by Crippen LogP contribution is 2.19. The first-order valence-corrected chi connectivity index (χ1v) is 11.0. The standard InChI is InChI=1S/C16H21NO3.C10H13NO3.2ClH/c1-16(2,3)20-15(19)10-13(14(18)11-17)9-12-7-5-4-6-8-12;11-8(9(12)10(13)14)6-7-4-2-1-3-5-7;;/h4-8,13-14,18H,9-10H2,1-3H3;1-5,8-9,12H,6,11H2,(H,13,14);2*1H/t13-,14?;8-,9?;;/m10../s1. The number of hydrogen-bond donors (Lipinski definition) is 4. The van der Waals surface area contributed by atoms with Gasteiger partial charge in [0.05, 0.1) is 12.5 Å². The Labute approximate surface area is 224 Å². The summed E-state index contributed by atoms with van der Waals surface area (Å²) in [6, 6.07) is 19.8. The van der Waals surface area contributed by atoms with Crippen molar-refractivity contribution in [2.75, 3.05) is 0 Å². The molecule has 0 amide bonds. The highest BCUT2D eigenvalue weighted by atomic mass is 35.5. The zero-order valence-corrected chi connectivity index (χ0v) is 22.2.